The van der Waals surface area contributed by atoms with Crippen LogP contribution in [0.1, 0.15) is 29.8 Å². The third kappa shape index (κ3) is 6.11. The molecule has 0 heterocycles. The van der Waals surface area contributed by atoms with Gasteiger partial charge < -0.3 is 14.8 Å². The van der Waals surface area contributed by atoms with E-state index in [0.717, 1.165) is 5.56 Å². The van der Waals surface area contributed by atoms with Gasteiger partial charge in [-0.05, 0) is 49.8 Å². The quantitative estimate of drug-likeness (QED) is 0.460. The molecule has 0 bridgehead atoms. The van der Waals surface area contributed by atoms with Crippen LogP contribution in [0.3, 0.4) is 0 Å². The first-order chi connectivity index (χ1) is 12.9. The van der Waals surface area contributed by atoms with Crippen LogP contribution >= 0.6 is 0 Å². The van der Waals surface area contributed by atoms with Gasteiger partial charge >= 0.3 is 5.97 Å². The molecule has 1 N–H and O–H groups in total. The summed E-state index contributed by atoms with van der Waals surface area (Å²) in [6.07, 6.45) is 1.85. The number of hydrogen-bond acceptors (Lipinski definition) is 5. The zero-order valence-electron chi connectivity index (χ0n) is 15.4. The second-order valence-corrected chi connectivity index (χ2v) is 5.81. The summed E-state index contributed by atoms with van der Waals surface area (Å²) in [4.78, 5) is 35.4. The molecule has 2 rings (SSSR count). The Morgan fingerprint density at radius 1 is 1.07 bits per heavy atom. The van der Waals surface area contributed by atoms with Crippen molar-refractivity contribution in [3.63, 3.8) is 0 Å². The number of carbonyl (C=O) groups excluding carboxylic acids is 3. The predicted molar refractivity (Wildman–Crippen MR) is 103 cm³/mol. The molecule has 1 amide bonds. The van der Waals surface area contributed by atoms with Gasteiger partial charge in [0.2, 0.25) is 0 Å². The molecule has 0 radical (unpaired) electrons. The van der Waals surface area contributed by atoms with E-state index in [-0.39, 0.29) is 5.78 Å². The topological polar surface area (TPSA) is 81.7 Å². The number of rotatable bonds is 7. The molecule has 0 unspecified atom stereocenters. The number of hydrogen-bond donors (Lipinski definition) is 1. The predicted octanol–water partition coefficient (Wildman–Crippen LogP) is 3.48. The van der Waals surface area contributed by atoms with Crippen molar-refractivity contribution >= 4 is 29.4 Å². The van der Waals surface area contributed by atoms with Crippen LogP contribution in [0.5, 0.6) is 5.75 Å². The summed E-state index contributed by atoms with van der Waals surface area (Å²) in [5.74, 6) is -0.504. The molecule has 0 aliphatic heterocycles. The molecule has 0 fully saturated rings. The zero-order valence-corrected chi connectivity index (χ0v) is 15.4. The van der Waals surface area contributed by atoms with Crippen molar-refractivity contribution in [1.82, 2.24) is 0 Å². The normalized spacial score (nSPS) is 11.7. The minimum absolute atomic E-state index is 0.103. The molecule has 27 heavy (non-hydrogen) atoms. The van der Waals surface area contributed by atoms with Crippen LogP contribution in [0.2, 0.25) is 0 Å². The van der Waals surface area contributed by atoms with Crippen molar-refractivity contribution in [2.45, 2.75) is 20.0 Å². The second kappa shape index (κ2) is 9.33. The number of esters is 1. The molecule has 0 spiro atoms. The fourth-order valence-corrected chi connectivity index (χ4v) is 2.21. The van der Waals surface area contributed by atoms with E-state index in [1.54, 1.807) is 61.7 Å². The molecule has 0 aliphatic rings. The summed E-state index contributed by atoms with van der Waals surface area (Å²) in [7, 11) is 1.57. The fraction of sp³-hybridized carbons (Fsp3) is 0.190. The molecule has 2 aromatic rings. The van der Waals surface area contributed by atoms with Gasteiger partial charge in [-0.25, -0.2) is 4.79 Å². The number of ketones is 1. The smallest absolute Gasteiger partial charge is 0.331 e. The molecule has 0 saturated heterocycles. The zero-order chi connectivity index (χ0) is 19.8. The maximum absolute atomic E-state index is 12.2. The Morgan fingerprint density at radius 2 is 1.78 bits per heavy atom. The summed E-state index contributed by atoms with van der Waals surface area (Å²) in [5.41, 5.74) is 1.75. The standard InChI is InChI=1S/C21H21NO5/c1-14(23)17-5-4-6-18(13-17)22-21(25)15(2)27-20(24)12-9-16-7-10-19(26-3)11-8-16/h4-13,15H,1-3H3,(H,22,25)/b12-9+/t15-/m1/s1. The van der Waals surface area contributed by atoms with Gasteiger partial charge in [-0.3, -0.25) is 9.59 Å². The molecular formula is C21H21NO5. The van der Waals surface area contributed by atoms with Gasteiger partial charge in [0.15, 0.2) is 11.9 Å². The number of carbonyl (C=O) groups is 3. The van der Waals surface area contributed by atoms with Crippen molar-refractivity contribution in [1.29, 1.82) is 0 Å². The lowest BCUT2D eigenvalue weighted by Crippen LogP contribution is -2.29. The Kier molecular flexibility index (Phi) is 6.88. The van der Waals surface area contributed by atoms with Crippen molar-refractivity contribution < 1.29 is 23.9 Å². The highest BCUT2D eigenvalue weighted by Crippen LogP contribution is 2.13. The van der Waals surface area contributed by atoms with Crippen molar-refractivity contribution in [2.75, 3.05) is 12.4 Å². The molecule has 1 atom stereocenters. The molecule has 6 nitrogen and oxygen atoms in total. The lowest BCUT2D eigenvalue weighted by molar-refractivity contribution is -0.148. The number of Topliss-reactive ketones (excluding diaryl/α,β-unsaturated/α-hetero) is 1. The van der Waals surface area contributed by atoms with E-state index in [1.165, 1.54) is 19.9 Å². The van der Waals surface area contributed by atoms with E-state index in [1.807, 2.05) is 0 Å². The Bertz CT molecular complexity index is 855. The number of nitrogens with one attached hydrogen (secondary N) is 1. The van der Waals surface area contributed by atoms with Gasteiger partial charge in [-0.15, -0.1) is 0 Å². The summed E-state index contributed by atoms with van der Waals surface area (Å²) in [5, 5.41) is 2.62. The highest BCUT2D eigenvalue weighted by molar-refractivity contribution is 5.99. The highest BCUT2D eigenvalue weighted by Gasteiger charge is 2.17. The Labute approximate surface area is 157 Å². The maximum atomic E-state index is 12.2. The van der Waals surface area contributed by atoms with Gasteiger partial charge in [0.1, 0.15) is 5.75 Å². The average molecular weight is 367 g/mol. The fourth-order valence-electron chi connectivity index (χ4n) is 2.21. The number of ether oxygens (including phenoxy) is 2. The van der Waals surface area contributed by atoms with Gasteiger partial charge in [-0.1, -0.05) is 24.3 Å². The van der Waals surface area contributed by atoms with Crippen LogP contribution in [-0.2, 0) is 14.3 Å². The molecule has 0 aliphatic carbocycles. The highest BCUT2D eigenvalue weighted by atomic mass is 16.5. The largest absolute Gasteiger partial charge is 0.497 e. The number of methoxy groups -OCH3 is 1. The van der Waals surface area contributed by atoms with Gasteiger partial charge in [0.05, 0.1) is 7.11 Å². The van der Waals surface area contributed by atoms with Crippen molar-refractivity contribution in [3.8, 4) is 5.75 Å². The van der Waals surface area contributed by atoms with Crippen LogP contribution in [-0.4, -0.2) is 30.9 Å². The van der Waals surface area contributed by atoms with Crippen LogP contribution in [0.25, 0.3) is 6.08 Å². The minimum atomic E-state index is -0.987. The minimum Gasteiger partial charge on any atom is -0.497 e. The van der Waals surface area contributed by atoms with Crippen molar-refractivity contribution in [3.05, 3.63) is 65.7 Å². The van der Waals surface area contributed by atoms with Crippen LogP contribution in [0, 0.1) is 0 Å². The van der Waals surface area contributed by atoms with Crippen molar-refractivity contribution in [2.24, 2.45) is 0 Å². The lowest BCUT2D eigenvalue weighted by Gasteiger charge is -2.12. The Balaban J connectivity index is 1.91. The third-order valence-corrected chi connectivity index (χ3v) is 3.73. The van der Waals surface area contributed by atoms with Gasteiger partial charge in [-0.2, -0.15) is 0 Å². The monoisotopic (exact) mass is 367 g/mol. The maximum Gasteiger partial charge on any atom is 0.331 e. The lowest BCUT2D eigenvalue weighted by atomic mass is 10.1. The first kappa shape index (κ1) is 19.9. The van der Waals surface area contributed by atoms with Gasteiger partial charge in [0, 0.05) is 17.3 Å². The molecule has 2 aromatic carbocycles. The van der Waals surface area contributed by atoms with E-state index in [2.05, 4.69) is 5.32 Å². The molecule has 6 heteroatoms. The second-order valence-electron chi connectivity index (χ2n) is 5.81. The van der Waals surface area contributed by atoms with Crippen LogP contribution in [0.4, 0.5) is 5.69 Å². The number of benzene rings is 2. The molecule has 0 saturated carbocycles. The van der Waals surface area contributed by atoms with E-state index >= 15 is 0 Å². The van der Waals surface area contributed by atoms with Crippen LogP contribution in [0.15, 0.2) is 54.6 Å². The van der Waals surface area contributed by atoms with E-state index in [4.69, 9.17) is 9.47 Å². The molecule has 140 valence electrons. The number of anilines is 1. The SMILES string of the molecule is COc1ccc(/C=C/C(=O)O[C@H](C)C(=O)Nc2cccc(C(C)=O)c2)cc1. The van der Waals surface area contributed by atoms with E-state index < -0.39 is 18.0 Å². The molecular weight excluding hydrogens is 346 g/mol. The summed E-state index contributed by atoms with van der Waals surface area (Å²) < 4.78 is 10.2. The first-order valence-electron chi connectivity index (χ1n) is 8.33. The number of amides is 1. The summed E-state index contributed by atoms with van der Waals surface area (Å²) >= 11 is 0. The van der Waals surface area contributed by atoms with Gasteiger partial charge in [0.25, 0.3) is 5.91 Å². The van der Waals surface area contributed by atoms with Crippen LogP contribution < -0.4 is 10.1 Å². The first-order valence-corrected chi connectivity index (χ1v) is 8.33. The Hall–Kier alpha value is -3.41. The van der Waals surface area contributed by atoms with E-state index in [9.17, 15) is 14.4 Å². The van der Waals surface area contributed by atoms with E-state index in [0.29, 0.717) is 17.0 Å². The Morgan fingerprint density at radius 3 is 2.41 bits per heavy atom. The third-order valence-electron chi connectivity index (χ3n) is 3.73. The summed E-state index contributed by atoms with van der Waals surface area (Å²) in [6, 6.07) is 13.7. The average Bonchev–Trinajstić information content (AvgIpc) is 2.66. The summed E-state index contributed by atoms with van der Waals surface area (Å²) in [6.45, 7) is 2.92. The molecule has 0 aromatic heterocycles.